The maximum atomic E-state index is 10.1. The molecular weight excluding hydrogens is 208 g/mol. The average Bonchev–Trinajstić information content (AvgIpc) is 2.26. The van der Waals surface area contributed by atoms with E-state index in [2.05, 4.69) is 9.97 Å². The Labute approximate surface area is 95.3 Å². The molecule has 0 atom stereocenters. The quantitative estimate of drug-likeness (QED) is 0.618. The predicted octanol–water partition coefficient (Wildman–Crippen LogP) is 2.43. The molecule has 1 rings (SSSR count). The Kier molecular flexibility index (Phi) is 4.54. The molecule has 3 nitrogen and oxygen atoms in total. The summed E-state index contributed by atoms with van der Waals surface area (Å²) in [4.78, 5) is 8.44. The van der Waals surface area contributed by atoms with Crippen molar-refractivity contribution in [2.75, 3.05) is 5.75 Å². The molecule has 0 amide bonds. The molecule has 0 radical (unpaired) electrons. The van der Waals surface area contributed by atoms with Crippen LogP contribution in [0.2, 0.25) is 0 Å². The van der Waals surface area contributed by atoms with Gasteiger partial charge >= 0.3 is 0 Å². The van der Waals surface area contributed by atoms with E-state index in [1.165, 1.54) is 11.8 Å². The first-order valence-electron chi connectivity index (χ1n) is 5.24. The van der Waals surface area contributed by atoms with Crippen LogP contribution < -0.4 is 0 Å². The van der Waals surface area contributed by atoms with Crippen molar-refractivity contribution in [1.29, 1.82) is 0 Å². The fraction of sp³-hybridized carbons (Fsp3) is 0.636. The van der Waals surface area contributed by atoms with Crippen LogP contribution in [0.3, 0.4) is 0 Å². The molecule has 0 aromatic carbocycles. The third-order valence-corrected chi connectivity index (χ3v) is 3.70. The van der Waals surface area contributed by atoms with Crippen LogP contribution in [0.4, 0.5) is 0 Å². The van der Waals surface area contributed by atoms with Gasteiger partial charge in [-0.25, -0.2) is 9.97 Å². The van der Waals surface area contributed by atoms with Crippen molar-refractivity contribution in [1.82, 2.24) is 9.97 Å². The van der Waals surface area contributed by atoms with Crippen LogP contribution in [0, 0.1) is 6.92 Å². The Morgan fingerprint density at radius 2 is 2.07 bits per heavy atom. The van der Waals surface area contributed by atoms with E-state index in [9.17, 15) is 5.11 Å². The number of aryl methyl sites for hydroxylation is 1. The lowest BCUT2D eigenvalue weighted by molar-refractivity contribution is 0.0571. The molecule has 0 bridgehead atoms. The molecule has 0 fully saturated rings. The van der Waals surface area contributed by atoms with Crippen LogP contribution >= 0.6 is 11.8 Å². The summed E-state index contributed by atoms with van der Waals surface area (Å²) in [6, 6.07) is 1.87. The third kappa shape index (κ3) is 3.80. The second-order valence-electron chi connectivity index (χ2n) is 3.70. The summed E-state index contributed by atoms with van der Waals surface area (Å²) in [5.74, 6) is 0.656. The minimum absolute atomic E-state index is 0.586. The van der Waals surface area contributed by atoms with Gasteiger partial charge in [0.1, 0.15) is 0 Å². The van der Waals surface area contributed by atoms with E-state index in [0.717, 1.165) is 23.7 Å². The molecule has 1 aromatic rings. The summed E-state index contributed by atoms with van der Waals surface area (Å²) in [5, 5.41) is 10.8. The van der Waals surface area contributed by atoms with Gasteiger partial charge in [0, 0.05) is 17.6 Å². The van der Waals surface area contributed by atoms with Gasteiger partial charge in [0.25, 0.3) is 0 Å². The fourth-order valence-corrected chi connectivity index (χ4v) is 2.30. The van der Waals surface area contributed by atoms with Crippen LogP contribution in [0.1, 0.15) is 32.4 Å². The molecule has 1 aromatic heterocycles. The number of aliphatic hydroxyl groups is 1. The normalized spacial score (nSPS) is 11.7. The summed E-state index contributed by atoms with van der Waals surface area (Å²) in [6.07, 6.45) is 3.28. The molecule has 15 heavy (non-hydrogen) atoms. The van der Waals surface area contributed by atoms with E-state index in [0.29, 0.717) is 5.75 Å². The summed E-state index contributed by atoms with van der Waals surface area (Å²) in [5.41, 5.74) is 0.377. The Morgan fingerprint density at radius 1 is 1.40 bits per heavy atom. The van der Waals surface area contributed by atoms with E-state index in [4.69, 9.17) is 0 Å². The highest BCUT2D eigenvalue weighted by molar-refractivity contribution is 7.99. The van der Waals surface area contributed by atoms with Gasteiger partial charge in [-0.1, -0.05) is 25.6 Å². The van der Waals surface area contributed by atoms with Gasteiger partial charge in [-0.2, -0.15) is 0 Å². The van der Waals surface area contributed by atoms with Crippen LogP contribution in [0.5, 0.6) is 0 Å². The van der Waals surface area contributed by atoms with Gasteiger partial charge < -0.3 is 5.11 Å². The standard InChI is InChI=1S/C11H18N2OS/c1-4-11(14,5-2)8-15-10-12-7-6-9(3)13-10/h6-7,14H,4-5,8H2,1-3H3. The summed E-state index contributed by atoms with van der Waals surface area (Å²) < 4.78 is 0. The topological polar surface area (TPSA) is 46.0 Å². The molecule has 0 aliphatic rings. The molecule has 84 valence electrons. The Morgan fingerprint density at radius 3 is 2.60 bits per heavy atom. The van der Waals surface area contributed by atoms with E-state index < -0.39 is 5.60 Å². The predicted molar refractivity (Wildman–Crippen MR) is 63.0 cm³/mol. The number of nitrogens with zero attached hydrogens (tertiary/aromatic N) is 2. The van der Waals surface area contributed by atoms with Gasteiger partial charge in [0.05, 0.1) is 5.60 Å². The Balaban J connectivity index is 2.56. The van der Waals surface area contributed by atoms with Crippen LogP contribution in [0.25, 0.3) is 0 Å². The zero-order chi connectivity index (χ0) is 11.3. The molecule has 1 heterocycles. The molecule has 0 saturated carbocycles. The van der Waals surface area contributed by atoms with E-state index in [1.54, 1.807) is 6.20 Å². The average molecular weight is 226 g/mol. The van der Waals surface area contributed by atoms with Crippen molar-refractivity contribution in [3.8, 4) is 0 Å². The lowest BCUT2D eigenvalue weighted by Gasteiger charge is -2.23. The van der Waals surface area contributed by atoms with Crippen LogP contribution in [0.15, 0.2) is 17.4 Å². The first-order valence-corrected chi connectivity index (χ1v) is 6.23. The highest BCUT2D eigenvalue weighted by atomic mass is 32.2. The van der Waals surface area contributed by atoms with Crippen molar-refractivity contribution >= 4 is 11.8 Å². The number of thioether (sulfide) groups is 1. The Hall–Kier alpha value is -0.610. The number of rotatable bonds is 5. The van der Waals surface area contributed by atoms with Crippen molar-refractivity contribution in [3.63, 3.8) is 0 Å². The second kappa shape index (κ2) is 5.47. The van der Waals surface area contributed by atoms with Gasteiger partial charge in [-0.3, -0.25) is 0 Å². The highest BCUT2D eigenvalue weighted by Gasteiger charge is 2.22. The summed E-state index contributed by atoms with van der Waals surface area (Å²) >= 11 is 1.52. The number of hydrogen-bond donors (Lipinski definition) is 1. The maximum absolute atomic E-state index is 10.1. The first-order chi connectivity index (χ1) is 7.09. The molecule has 0 aliphatic heterocycles. The van der Waals surface area contributed by atoms with E-state index >= 15 is 0 Å². The number of hydrogen-bond acceptors (Lipinski definition) is 4. The number of aromatic nitrogens is 2. The molecule has 4 heteroatoms. The van der Waals surface area contributed by atoms with Gasteiger partial charge in [0.15, 0.2) is 5.16 Å². The zero-order valence-electron chi connectivity index (χ0n) is 9.53. The second-order valence-corrected chi connectivity index (χ2v) is 4.64. The van der Waals surface area contributed by atoms with Crippen molar-refractivity contribution in [2.45, 2.75) is 44.4 Å². The minimum atomic E-state index is -0.586. The molecule has 0 saturated heterocycles. The third-order valence-electron chi connectivity index (χ3n) is 2.56. The lowest BCUT2D eigenvalue weighted by Crippen LogP contribution is -2.29. The van der Waals surface area contributed by atoms with Crippen molar-refractivity contribution < 1.29 is 5.11 Å². The summed E-state index contributed by atoms with van der Waals surface area (Å²) in [6.45, 7) is 5.94. The van der Waals surface area contributed by atoms with Gasteiger partial charge in [-0.15, -0.1) is 0 Å². The minimum Gasteiger partial charge on any atom is -0.389 e. The summed E-state index contributed by atoms with van der Waals surface area (Å²) in [7, 11) is 0. The molecule has 0 aliphatic carbocycles. The monoisotopic (exact) mass is 226 g/mol. The lowest BCUT2D eigenvalue weighted by atomic mass is 10.0. The zero-order valence-corrected chi connectivity index (χ0v) is 10.3. The molecule has 0 spiro atoms. The van der Waals surface area contributed by atoms with E-state index in [1.807, 2.05) is 26.8 Å². The van der Waals surface area contributed by atoms with Crippen LogP contribution in [-0.4, -0.2) is 26.4 Å². The van der Waals surface area contributed by atoms with Crippen molar-refractivity contribution in [3.05, 3.63) is 18.0 Å². The van der Waals surface area contributed by atoms with Crippen LogP contribution in [-0.2, 0) is 0 Å². The van der Waals surface area contributed by atoms with E-state index in [-0.39, 0.29) is 0 Å². The van der Waals surface area contributed by atoms with Crippen molar-refractivity contribution in [2.24, 2.45) is 0 Å². The maximum Gasteiger partial charge on any atom is 0.187 e. The SMILES string of the molecule is CCC(O)(CC)CSc1nccc(C)n1. The molecule has 1 N–H and O–H groups in total. The first kappa shape index (κ1) is 12.5. The van der Waals surface area contributed by atoms with Gasteiger partial charge in [-0.05, 0) is 25.8 Å². The largest absolute Gasteiger partial charge is 0.389 e. The molecular formula is C11H18N2OS. The fourth-order valence-electron chi connectivity index (χ4n) is 1.15. The smallest absolute Gasteiger partial charge is 0.187 e. The highest BCUT2D eigenvalue weighted by Crippen LogP contribution is 2.24. The van der Waals surface area contributed by atoms with Gasteiger partial charge in [0.2, 0.25) is 0 Å². The molecule has 0 unspecified atom stereocenters. The Bertz CT molecular complexity index is 313.